The Morgan fingerprint density at radius 1 is 1.36 bits per heavy atom. The maximum atomic E-state index is 9.51. The quantitative estimate of drug-likeness (QED) is 0.797. The largest absolute Gasteiger partial charge is 0.383 e. The highest BCUT2D eigenvalue weighted by Gasteiger charge is 2.33. The Morgan fingerprint density at radius 3 is 2.73 bits per heavy atom. The SMILES string of the molecule is CCc1nnc(NCC2(COC)CCCN2)c(C#N)c1CC. The molecular weight excluding hydrogens is 278 g/mol. The molecule has 2 N–H and O–H groups in total. The summed E-state index contributed by atoms with van der Waals surface area (Å²) in [6.45, 7) is 6.40. The highest BCUT2D eigenvalue weighted by atomic mass is 16.5. The minimum absolute atomic E-state index is 0.0844. The van der Waals surface area contributed by atoms with Gasteiger partial charge in [0.25, 0.3) is 0 Å². The molecule has 6 heteroatoms. The van der Waals surface area contributed by atoms with Crippen molar-refractivity contribution >= 4 is 5.82 Å². The number of ether oxygens (including phenoxy) is 1. The third-order valence-electron chi connectivity index (χ3n) is 4.30. The van der Waals surface area contributed by atoms with Gasteiger partial charge in [-0.1, -0.05) is 13.8 Å². The Morgan fingerprint density at radius 2 is 2.18 bits per heavy atom. The van der Waals surface area contributed by atoms with Gasteiger partial charge in [0.15, 0.2) is 5.82 Å². The first-order chi connectivity index (χ1) is 10.7. The predicted molar refractivity (Wildman–Crippen MR) is 85.8 cm³/mol. The Kier molecular flexibility index (Phi) is 5.69. The van der Waals surface area contributed by atoms with Crippen LogP contribution in [-0.4, -0.2) is 42.5 Å². The fourth-order valence-electron chi connectivity index (χ4n) is 3.14. The number of aromatic nitrogens is 2. The molecule has 2 heterocycles. The van der Waals surface area contributed by atoms with Gasteiger partial charge in [-0.25, -0.2) is 0 Å². The lowest BCUT2D eigenvalue weighted by molar-refractivity contribution is 0.127. The molecule has 1 saturated heterocycles. The molecule has 22 heavy (non-hydrogen) atoms. The van der Waals surface area contributed by atoms with Crippen molar-refractivity contribution in [1.82, 2.24) is 15.5 Å². The third-order valence-corrected chi connectivity index (χ3v) is 4.30. The van der Waals surface area contributed by atoms with Crippen LogP contribution in [0.25, 0.3) is 0 Å². The number of methoxy groups -OCH3 is 1. The molecule has 0 bridgehead atoms. The van der Waals surface area contributed by atoms with Crippen LogP contribution in [0, 0.1) is 11.3 Å². The standard InChI is InChI=1S/C16H25N5O/c1-4-12-13(9-17)15(21-20-14(12)5-2)18-10-16(11-22-3)7-6-8-19-16/h19H,4-8,10-11H2,1-3H3,(H,18,21). The number of hydrogen-bond donors (Lipinski definition) is 2. The van der Waals surface area contributed by atoms with E-state index in [4.69, 9.17) is 4.74 Å². The minimum Gasteiger partial charge on any atom is -0.383 e. The van der Waals surface area contributed by atoms with Crippen molar-refractivity contribution in [2.75, 3.05) is 32.1 Å². The van der Waals surface area contributed by atoms with Crippen molar-refractivity contribution < 1.29 is 4.74 Å². The first-order valence-electron chi connectivity index (χ1n) is 7.96. The molecule has 0 aliphatic carbocycles. The zero-order valence-electron chi connectivity index (χ0n) is 13.7. The summed E-state index contributed by atoms with van der Waals surface area (Å²) < 4.78 is 5.35. The lowest BCUT2D eigenvalue weighted by Crippen LogP contribution is -2.49. The lowest BCUT2D eigenvalue weighted by Gasteiger charge is -2.29. The molecule has 0 spiro atoms. The summed E-state index contributed by atoms with van der Waals surface area (Å²) in [5.74, 6) is 0.584. The van der Waals surface area contributed by atoms with Crippen LogP contribution in [0.1, 0.15) is 43.5 Å². The van der Waals surface area contributed by atoms with E-state index in [-0.39, 0.29) is 5.54 Å². The van der Waals surface area contributed by atoms with Gasteiger partial charge in [-0.05, 0) is 37.8 Å². The van der Waals surface area contributed by atoms with Crippen LogP contribution < -0.4 is 10.6 Å². The molecule has 0 aromatic carbocycles. The van der Waals surface area contributed by atoms with Crippen LogP contribution in [0.2, 0.25) is 0 Å². The van der Waals surface area contributed by atoms with Crippen LogP contribution in [0.4, 0.5) is 5.82 Å². The molecule has 1 aliphatic rings. The monoisotopic (exact) mass is 303 g/mol. The van der Waals surface area contributed by atoms with Crippen LogP contribution in [0.5, 0.6) is 0 Å². The first kappa shape index (κ1) is 16.7. The van der Waals surface area contributed by atoms with Crippen molar-refractivity contribution in [2.24, 2.45) is 0 Å². The van der Waals surface area contributed by atoms with Crippen molar-refractivity contribution in [3.8, 4) is 6.07 Å². The maximum absolute atomic E-state index is 9.51. The van der Waals surface area contributed by atoms with Gasteiger partial charge < -0.3 is 15.4 Å². The van der Waals surface area contributed by atoms with Crippen molar-refractivity contribution in [2.45, 2.75) is 45.1 Å². The van der Waals surface area contributed by atoms with E-state index in [9.17, 15) is 5.26 Å². The van der Waals surface area contributed by atoms with Gasteiger partial charge in [0.2, 0.25) is 0 Å². The zero-order valence-corrected chi connectivity index (χ0v) is 13.7. The first-order valence-corrected chi connectivity index (χ1v) is 7.96. The van der Waals surface area contributed by atoms with Crippen LogP contribution in [0.3, 0.4) is 0 Å². The second-order valence-electron chi connectivity index (χ2n) is 5.76. The molecule has 1 unspecified atom stereocenters. The van der Waals surface area contributed by atoms with Crippen molar-refractivity contribution in [1.29, 1.82) is 5.26 Å². The topological polar surface area (TPSA) is 82.9 Å². The molecule has 1 aliphatic heterocycles. The molecular formula is C16H25N5O. The van der Waals surface area contributed by atoms with Crippen LogP contribution in [0.15, 0.2) is 0 Å². The van der Waals surface area contributed by atoms with E-state index in [1.54, 1.807) is 7.11 Å². The molecule has 6 nitrogen and oxygen atoms in total. The molecule has 1 aromatic heterocycles. The fraction of sp³-hybridized carbons (Fsp3) is 0.688. The van der Waals surface area contributed by atoms with Gasteiger partial charge in [0.1, 0.15) is 11.6 Å². The summed E-state index contributed by atoms with van der Waals surface area (Å²) in [7, 11) is 1.72. The molecule has 1 aromatic rings. The van der Waals surface area contributed by atoms with Gasteiger partial charge in [-0.3, -0.25) is 0 Å². The fourth-order valence-corrected chi connectivity index (χ4v) is 3.14. The molecule has 120 valence electrons. The number of rotatable bonds is 7. The lowest BCUT2D eigenvalue weighted by atomic mass is 9.98. The minimum atomic E-state index is -0.0844. The highest BCUT2D eigenvalue weighted by Crippen LogP contribution is 2.23. The third kappa shape index (κ3) is 3.37. The van der Waals surface area contributed by atoms with E-state index >= 15 is 0 Å². The highest BCUT2D eigenvalue weighted by molar-refractivity contribution is 5.56. The smallest absolute Gasteiger partial charge is 0.167 e. The number of nitrogens with zero attached hydrogens (tertiary/aromatic N) is 3. The van der Waals surface area contributed by atoms with Crippen LogP contribution in [-0.2, 0) is 17.6 Å². The second kappa shape index (κ2) is 7.52. The molecule has 1 atom stereocenters. The average molecular weight is 303 g/mol. The molecule has 0 amide bonds. The summed E-state index contributed by atoms with van der Waals surface area (Å²) in [6, 6.07) is 2.29. The predicted octanol–water partition coefficient (Wildman–Crippen LogP) is 1.65. The van der Waals surface area contributed by atoms with Crippen molar-refractivity contribution in [3.63, 3.8) is 0 Å². The summed E-state index contributed by atoms with van der Waals surface area (Å²) in [4.78, 5) is 0. The van der Waals surface area contributed by atoms with E-state index in [0.29, 0.717) is 24.5 Å². The van der Waals surface area contributed by atoms with E-state index in [2.05, 4.69) is 26.9 Å². The van der Waals surface area contributed by atoms with Gasteiger partial charge in [0.05, 0.1) is 17.8 Å². The summed E-state index contributed by atoms with van der Waals surface area (Å²) in [5.41, 5.74) is 2.46. The Balaban J connectivity index is 2.21. The maximum Gasteiger partial charge on any atom is 0.167 e. The zero-order chi connectivity index (χ0) is 16.0. The van der Waals surface area contributed by atoms with Crippen LogP contribution >= 0.6 is 0 Å². The number of nitrogens with one attached hydrogen (secondary N) is 2. The molecule has 0 saturated carbocycles. The number of aryl methyl sites for hydroxylation is 1. The average Bonchev–Trinajstić information content (AvgIpc) is 3.01. The van der Waals surface area contributed by atoms with Gasteiger partial charge in [-0.15, -0.1) is 5.10 Å². The number of anilines is 1. The summed E-state index contributed by atoms with van der Waals surface area (Å²) in [6.07, 6.45) is 3.77. The Labute approximate surface area is 132 Å². The van der Waals surface area contributed by atoms with E-state index in [1.165, 1.54) is 0 Å². The Bertz CT molecular complexity index is 546. The van der Waals surface area contributed by atoms with E-state index in [0.717, 1.165) is 43.5 Å². The van der Waals surface area contributed by atoms with Crippen molar-refractivity contribution in [3.05, 3.63) is 16.8 Å². The molecule has 0 radical (unpaired) electrons. The summed E-state index contributed by atoms with van der Waals surface area (Å²) in [5, 5.41) is 24.8. The molecule has 2 rings (SSSR count). The number of hydrogen-bond acceptors (Lipinski definition) is 6. The van der Waals surface area contributed by atoms with Gasteiger partial charge in [-0.2, -0.15) is 10.4 Å². The number of nitriles is 1. The van der Waals surface area contributed by atoms with Gasteiger partial charge >= 0.3 is 0 Å². The van der Waals surface area contributed by atoms with E-state index < -0.39 is 0 Å². The molecule has 1 fully saturated rings. The second-order valence-corrected chi connectivity index (χ2v) is 5.76. The Hall–Kier alpha value is -1.71. The normalized spacial score (nSPS) is 20.8. The van der Waals surface area contributed by atoms with Gasteiger partial charge in [0, 0.05) is 13.7 Å². The summed E-state index contributed by atoms with van der Waals surface area (Å²) >= 11 is 0. The van der Waals surface area contributed by atoms with E-state index in [1.807, 2.05) is 13.8 Å².